The van der Waals surface area contributed by atoms with Crippen LogP contribution >= 0.6 is 0 Å². The van der Waals surface area contributed by atoms with Crippen molar-refractivity contribution >= 4 is 52.9 Å². The number of carbonyl (C=O) groups is 6. The van der Waals surface area contributed by atoms with Gasteiger partial charge >= 0.3 is 18.4 Å². The molecule has 18 heteroatoms. The summed E-state index contributed by atoms with van der Waals surface area (Å²) in [5.74, 6) is -1.62. The highest BCUT2D eigenvalue weighted by atomic mass is 19.4. The van der Waals surface area contributed by atoms with Crippen molar-refractivity contribution in [1.82, 2.24) is 20.4 Å². The molecule has 0 unspecified atom stereocenters. The number of methoxy groups -OCH3 is 2. The summed E-state index contributed by atoms with van der Waals surface area (Å²) in [6, 6.07) is 15.4. The summed E-state index contributed by atoms with van der Waals surface area (Å²) < 4.78 is 50.6. The first-order chi connectivity index (χ1) is 32.0. The van der Waals surface area contributed by atoms with Crippen LogP contribution < -0.4 is 26.2 Å². The molecule has 0 radical (unpaired) electrons. The average molecular weight is 946 g/mol. The highest BCUT2D eigenvalue weighted by molar-refractivity contribution is 6.00. The average Bonchev–Trinajstić information content (AvgIpc) is 3.98. The SMILES string of the molecule is COC(=O)N[C@H](C(=O)N1CCC=C[C@H]1C(=O)Nc1ccc([C@H]2CC[C@H](c3ccc(NC(=O)[C@@H]4CCCN4C(=O)[C@@H](NC(=O)OC)C(C)(C)C)cc3)N2c2ccc(C(F)(F)F)cc2)cc1)C(C)(C)C. The van der Waals surface area contributed by atoms with Gasteiger partial charge in [-0.1, -0.05) is 78.0 Å². The van der Waals surface area contributed by atoms with E-state index in [0.29, 0.717) is 55.7 Å². The highest BCUT2D eigenvalue weighted by Gasteiger charge is 2.43. The Bertz CT molecular complexity index is 2340. The number of benzene rings is 3. The molecule has 0 saturated carbocycles. The maximum Gasteiger partial charge on any atom is 0.416 e. The van der Waals surface area contributed by atoms with Gasteiger partial charge in [0.25, 0.3) is 5.91 Å². The summed E-state index contributed by atoms with van der Waals surface area (Å²) in [6.07, 6.45) is 0.314. The number of halogens is 3. The molecule has 3 aliphatic rings. The molecule has 4 N–H and O–H groups in total. The van der Waals surface area contributed by atoms with Crippen molar-refractivity contribution in [2.45, 2.75) is 116 Å². The number of hydrogen-bond acceptors (Lipinski definition) is 9. The number of hydrogen-bond donors (Lipinski definition) is 4. The lowest BCUT2D eigenvalue weighted by molar-refractivity contribution is -0.141. The molecule has 2 saturated heterocycles. The fourth-order valence-corrected chi connectivity index (χ4v) is 9.11. The number of ether oxygens (including phenoxy) is 2. The molecule has 3 aliphatic heterocycles. The van der Waals surface area contributed by atoms with Crippen LogP contribution in [0.5, 0.6) is 0 Å². The molecule has 6 amide bonds. The molecule has 0 bridgehead atoms. The number of likely N-dealkylation sites (tertiary alicyclic amines) is 1. The highest BCUT2D eigenvalue weighted by Crippen LogP contribution is 2.48. The number of amides is 6. The number of anilines is 3. The van der Waals surface area contributed by atoms with Gasteiger partial charge in [-0.15, -0.1) is 0 Å². The zero-order valence-electron chi connectivity index (χ0n) is 39.7. The first-order valence-electron chi connectivity index (χ1n) is 22.8. The molecule has 15 nitrogen and oxygen atoms in total. The van der Waals surface area contributed by atoms with Crippen molar-refractivity contribution in [3.8, 4) is 0 Å². The summed E-state index contributed by atoms with van der Waals surface area (Å²) in [5.41, 5.74) is 1.14. The first-order valence-corrected chi connectivity index (χ1v) is 22.8. The van der Waals surface area contributed by atoms with Gasteiger partial charge in [0.15, 0.2) is 0 Å². The lowest BCUT2D eigenvalue weighted by Gasteiger charge is -2.38. The third kappa shape index (κ3) is 11.7. The van der Waals surface area contributed by atoms with E-state index in [2.05, 4.69) is 26.2 Å². The van der Waals surface area contributed by atoms with Crippen LogP contribution in [0.25, 0.3) is 0 Å². The van der Waals surface area contributed by atoms with E-state index < -0.39 is 70.7 Å². The van der Waals surface area contributed by atoms with Crippen LogP contribution in [0.15, 0.2) is 84.9 Å². The van der Waals surface area contributed by atoms with Gasteiger partial charge in [-0.25, -0.2) is 9.59 Å². The summed E-state index contributed by atoms with van der Waals surface area (Å²) in [7, 11) is 2.43. The summed E-state index contributed by atoms with van der Waals surface area (Å²) in [6.45, 7) is 11.5. The van der Waals surface area contributed by atoms with Gasteiger partial charge in [0.1, 0.15) is 24.2 Å². The number of alkyl carbamates (subject to hydrolysis) is 2. The van der Waals surface area contributed by atoms with Crippen LogP contribution in [0, 0.1) is 10.8 Å². The fourth-order valence-electron chi connectivity index (χ4n) is 9.11. The maximum absolute atomic E-state index is 13.9. The minimum absolute atomic E-state index is 0.264. The summed E-state index contributed by atoms with van der Waals surface area (Å²) in [5, 5.41) is 11.1. The van der Waals surface area contributed by atoms with Gasteiger partial charge < -0.3 is 45.4 Å². The minimum Gasteiger partial charge on any atom is -0.453 e. The Morgan fingerprint density at radius 3 is 1.54 bits per heavy atom. The number of nitrogens with one attached hydrogen (secondary N) is 4. The monoisotopic (exact) mass is 945 g/mol. The molecule has 6 rings (SSSR count). The number of rotatable bonds is 11. The summed E-state index contributed by atoms with van der Waals surface area (Å²) >= 11 is 0. The predicted octanol–water partition coefficient (Wildman–Crippen LogP) is 8.35. The van der Waals surface area contributed by atoms with Crippen LogP contribution in [0.2, 0.25) is 0 Å². The predicted molar refractivity (Wildman–Crippen MR) is 250 cm³/mol. The molecule has 366 valence electrons. The lowest BCUT2D eigenvalue weighted by Crippen LogP contribution is -2.59. The second-order valence-electron chi connectivity index (χ2n) is 19.5. The molecular formula is C50H62F3N7O8. The Balaban J connectivity index is 1.19. The van der Waals surface area contributed by atoms with E-state index in [1.807, 2.05) is 51.1 Å². The number of carbonyl (C=O) groups excluding carboxylic acids is 6. The van der Waals surface area contributed by atoms with Crippen molar-refractivity contribution in [1.29, 1.82) is 0 Å². The lowest BCUT2D eigenvalue weighted by atomic mass is 9.85. The molecule has 0 spiro atoms. The van der Waals surface area contributed by atoms with Crippen molar-refractivity contribution in [2.24, 2.45) is 10.8 Å². The number of nitrogens with zero attached hydrogens (tertiary/aromatic N) is 3. The van der Waals surface area contributed by atoms with Crippen LogP contribution in [0.1, 0.15) is 102 Å². The van der Waals surface area contributed by atoms with Crippen molar-refractivity contribution in [2.75, 3.05) is 42.8 Å². The molecule has 68 heavy (non-hydrogen) atoms. The molecule has 2 fully saturated rings. The molecule has 3 aromatic carbocycles. The van der Waals surface area contributed by atoms with Gasteiger partial charge in [-0.2, -0.15) is 13.2 Å². The molecular weight excluding hydrogens is 884 g/mol. The van der Waals surface area contributed by atoms with Crippen LogP contribution in [0.3, 0.4) is 0 Å². The standard InChI is InChI=1S/C50H62F3N7O8/c1-48(2,3)40(56-46(65)67-7)44(63)58-28-10-9-12-38(58)42(61)54-33-20-14-30(15-21-33)36-26-27-37(60(36)35-24-18-32(19-25-35)50(51,52)53)31-16-22-34(23-17-31)55-43(62)39-13-11-29-59(39)45(64)41(49(4,5)6)57-47(66)68-8/h9,12,14-25,36-41H,10-11,13,26-29H2,1-8H3,(H,54,61)(H,55,62)(H,56,65)(H,57,66)/t36-,37-,38+,39+,40-,41-/m1/s1. The zero-order chi connectivity index (χ0) is 49.7. The molecule has 3 heterocycles. The molecule has 0 aromatic heterocycles. The second-order valence-corrected chi connectivity index (χ2v) is 19.5. The third-order valence-corrected chi connectivity index (χ3v) is 12.7. The smallest absolute Gasteiger partial charge is 0.416 e. The van der Waals surface area contributed by atoms with E-state index in [1.165, 1.54) is 36.2 Å². The van der Waals surface area contributed by atoms with E-state index in [-0.39, 0.29) is 30.4 Å². The molecule has 3 aromatic rings. The van der Waals surface area contributed by atoms with Gasteiger partial charge in [-0.05, 0) is 103 Å². The largest absolute Gasteiger partial charge is 0.453 e. The Kier molecular flexibility index (Phi) is 15.5. The fraction of sp³-hybridized carbons (Fsp3) is 0.480. The van der Waals surface area contributed by atoms with Crippen LogP contribution in [0.4, 0.5) is 39.8 Å². The topological polar surface area (TPSA) is 179 Å². The van der Waals surface area contributed by atoms with Gasteiger partial charge in [0.05, 0.1) is 31.9 Å². The Morgan fingerprint density at radius 2 is 1.09 bits per heavy atom. The zero-order valence-corrected chi connectivity index (χ0v) is 39.7. The van der Waals surface area contributed by atoms with Crippen molar-refractivity contribution in [3.05, 3.63) is 102 Å². The minimum atomic E-state index is -4.52. The van der Waals surface area contributed by atoms with Crippen molar-refractivity contribution in [3.63, 3.8) is 0 Å². The first kappa shape index (κ1) is 50.8. The van der Waals surface area contributed by atoms with Crippen LogP contribution in [-0.2, 0) is 34.8 Å². The normalized spacial score (nSPS) is 20.5. The van der Waals surface area contributed by atoms with E-state index in [9.17, 15) is 41.9 Å². The van der Waals surface area contributed by atoms with E-state index in [4.69, 9.17) is 9.47 Å². The molecule has 6 atom stereocenters. The van der Waals surface area contributed by atoms with Gasteiger partial charge in [-0.3, -0.25) is 19.2 Å². The second kappa shape index (κ2) is 20.7. The van der Waals surface area contributed by atoms with Crippen LogP contribution in [-0.4, -0.2) is 97.1 Å². The Morgan fingerprint density at radius 1 is 0.618 bits per heavy atom. The third-order valence-electron chi connectivity index (χ3n) is 12.7. The van der Waals surface area contributed by atoms with E-state index in [1.54, 1.807) is 51.1 Å². The Labute approximate surface area is 395 Å². The van der Waals surface area contributed by atoms with Gasteiger partial charge in [0.2, 0.25) is 17.7 Å². The van der Waals surface area contributed by atoms with Gasteiger partial charge in [0, 0.05) is 30.2 Å². The summed E-state index contributed by atoms with van der Waals surface area (Å²) in [4.78, 5) is 84.4. The van der Waals surface area contributed by atoms with E-state index >= 15 is 0 Å². The number of alkyl halides is 3. The van der Waals surface area contributed by atoms with Crippen molar-refractivity contribution < 1.29 is 51.4 Å². The quantitative estimate of drug-likeness (QED) is 0.138. The van der Waals surface area contributed by atoms with E-state index in [0.717, 1.165) is 23.3 Å². The Hall–Kier alpha value is -6.59. The maximum atomic E-state index is 13.9. The molecule has 0 aliphatic carbocycles.